The second-order valence-electron chi connectivity index (χ2n) is 7.50. The van der Waals surface area contributed by atoms with Gasteiger partial charge in [0.05, 0.1) is 6.04 Å². The number of rotatable bonds is 4. The fraction of sp³-hybridized carbons (Fsp3) is 0.409. The Hall–Kier alpha value is -2.17. The third-order valence-electron chi connectivity index (χ3n) is 5.88. The molecule has 0 spiro atoms. The zero-order valence-corrected chi connectivity index (χ0v) is 15.4. The van der Waals surface area contributed by atoms with E-state index in [-0.39, 0.29) is 11.9 Å². The van der Waals surface area contributed by atoms with Crippen LogP contribution in [0.2, 0.25) is 0 Å². The molecule has 0 aromatic heterocycles. The van der Waals surface area contributed by atoms with Crippen molar-refractivity contribution in [1.82, 2.24) is 15.5 Å². The van der Waals surface area contributed by atoms with Gasteiger partial charge in [0.15, 0.2) is 0 Å². The van der Waals surface area contributed by atoms with E-state index in [2.05, 4.69) is 58.9 Å². The first kappa shape index (κ1) is 17.3. The van der Waals surface area contributed by atoms with Crippen LogP contribution in [0.25, 0.3) is 0 Å². The van der Waals surface area contributed by atoms with Gasteiger partial charge in [-0.15, -0.1) is 0 Å². The Morgan fingerprint density at radius 2 is 1.58 bits per heavy atom. The Morgan fingerprint density at radius 3 is 2.19 bits per heavy atom. The van der Waals surface area contributed by atoms with Gasteiger partial charge in [0.2, 0.25) is 5.91 Å². The highest BCUT2D eigenvalue weighted by atomic mass is 16.2. The molecule has 136 valence electrons. The zero-order valence-electron chi connectivity index (χ0n) is 15.4. The van der Waals surface area contributed by atoms with E-state index in [9.17, 15) is 4.79 Å². The highest BCUT2D eigenvalue weighted by Gasteiger charge is 2.48. The molecule has 1 fully saturated rings. The molecule has 1 amide bonds. The number of amides is 1. The van der Waals surface area contributed by atoms with E-state index in [1.807, 2.05) is 18.2 Å². The summed E-state index contributed by atoms with van der Waals surface area (Å²) in [6.07, 6.45) is 1.60. The van der Waals surface area contributed by atoms with Crippen molar-refractivity contribution in [3.63, 3.8) is 0 Å². The molecule has 1 heterocycles. The van der Waals surface area contributed by atoms with E-state index in [0.29, 0.717) is 0 Å². The Bertz CT molecular complexity index is 743. The molecule has 4 rings (SSSR count). The molecule has 26 heavy (non-hydrogen) atoms. The molecule has 4 heteroatoms. The van der Waals surface area contributed by atoms with Crippen LogP contribution in [-0.2, 0) is 17.6 Å². The lowest BCUT2D eigenvalue weighted by Crippen LogP contribution is -2.64. The number of fused-ring (bicyclic) bond motifs is 1. The highest BCUT2D eigenvalue weighted by Crippen LogP contribution is 2.35. The number of benzene rings is 2. The van der Waals surface area contributed by atoms with Crippen LogP contribution < -0.4 is 10.6 Å². The van der Waals surface area contributed by atoms with E-state index in [1.54, 1.807) is 0 Å². The highest BCUT2D eigenvalue weighted by molar-refractivity contribution is 5.88. The summed E-state index contributed by atoms with van der Waals surface area (Å²) in [7, 11) is 0. The second kappa shape index (κ2) is 7.22. The standard InChI is InChI=1S/C22H27N3O/c1-17(18-7-3-2-4-8-18)24-21(26)22(25-13-11-23-12-14-25)15-19-9-5-6-10-20(19)16-22/h2-10,17,23H,11-16H2,1H3,(H,24,26)/t17-/m1/s1. The molecule has 1 aliphatic heterocycles. The molecule has 0 unspecified atom stereocenters. The van der Waals surface area contributed by atoms with E-state index in [0.717, 1.165) is 44.6 Å². The summed E-state index contributed by atoms with van der Waals surface area (Å²) in [5.74, 6) is 0.159. The number of nitrogens with one attached hydrogen (secondary N) is 2. The number of carbonyl (C=O) groups excluding carboxylic acids is 1. The van der Waals surface area contributed by atoms with Crippen molar-refractivity contribution in [3.8, 4) is 0 Å². The van der Waals surface area contributed by atoms with Crippen LogP contribution in [0.15, 0.2) is 54.6 Å². The van der Waals surface area contributed by atoms with E-state index in [1.165, 1.54) is 11.1 Å². The number of hydrogen-bond acceptors (Lipinski definition) is 3. The minimum atomic E-state index is -0.463. The number of nitrogens with zero attached hydrogens (tertiary/aromatic N) is 1. The van der Waals surface area contributed by atoms with Crippen LogP contribution in [-0.4, -0.2) is 42.5 Å². The minimum absolute atomic E-state index is 0.00667. The maximum atomic E-state index is 13.5. The Kier molecular flexibility index (Phi) is 4.79. The molecule has 1 saturated heterocycles. The van der Waals surface area contributed by atoms with Crippen LogP contribution in [0.3, 0.4) is 0 Å². The monoisotopic (exact) mass is 349 g/mol. The summed E-state index contributed by atoms with van der Waals surface area (Å²) in [5.41, 5.74) is 3.31. The minimum Gasteiger partial charge on any atom is -0.348 e. The van der Waals surface area contributed by atoms with Gasteiger partial charge in [0.25, 0.3) is 0 Å². The van der Waals surface area contributed by atoms with Crippen molar-refractivity contribution in [3.05, 3.63) is 71.3 Å². The molecule has 0 bridgehead atoms. The lowest BCUT2D eigenvalue weighted by molar-refractivity contribution is -0.134. The fourth-order valence-electron chi connectivity index (χ4n) is 4.37. The molecule has 1 aliphatic carbocycles. The predicted octanol–water partition coefficient (Wildman–Crippen LogP) is 2.31. The second-order valence-corrected chi connectivity index (χ2v) is 7.50. The maximum absolute atomic E-state index is 13.5. The Labute approximate surface area is 155 Å². The fourth-order valence-corrected chi connectivity index (χ4v) is 4.37. The molecular formula is C22H27N3O. The Morgan fingerprint density at radius 1 is 1.00 bits per heavy atom. The quantitative estimate of drug-likeness (QED) is 0.890. The number of carbonyl (C=O) groups is 1. The molecular weight excluding hydrogens is 322 g/mol. The summed E-state index contributed by atoms with van der Waals surface area (Å²) >= 11 is 0. The van der Waals surface area contributed by atoms with Crippen molar-refractivity contribution in [1.29, 1.82) is 0 Å². The van der Waals surface area contributed by atoms with Crippen molar-refractivity contribution in [2.75, 3.05) is 26.2 Å². The van der Waals surface area contributed by atoms with Gasteiger partial charge in [-0.25, -0.2) is 0 Å². The summed E-state index contributed by atoms with van der Waals surface area (Å²) < 4.78 is 0. The van der Waals surface area contributed by atoms with E-state index in [4.69, 9.17) is 0 Å². The van der Waals surface area contributed by atoms with Gasteiger partial charge in [-0.1, -0.05) is 54.6 Å². The first-order valence-corrected chi connectivity index (χ1v) is 9.57. The third kappa shape index (κ3) is 3.15. The van der Waals surface area contributed by atoms with Crippen LogP contribution in [0, 0.1) is 0 Å². The molecule has 2 aromatic carbocycles. The SMILES string of the molecule is C[C@@H](NC(=O)C1(N2CCNCC2)Cc2ccccc2C1)c1ccccc1. The third-order valence-corrected chi connectivity index (χ3v) is 5.88. The van der Waals surface area contributed by atoms with Crippen LogP contribution in [0.4, 0.5) is 0 Å². The molecule has 0 radical (unpaired) electrons. The molecule has 0 saturated carbocycles. The Balaban J connectivity index is 1.60. The van der Waals surface area contributed by atoms with Crippen LogP contribution in [0.1, 0.15) is 29.7 Å². The maximum Gasteiger partial charge on any atom is 0.241 e. The molecule has 4 nitrogen and oxygen atoms in total. The van der Waals surface area contributed by atoms with Gasteiger partial charge in [-0.3, -0.25) is 9.69 Å². The zero-order chi connectivity index (χ0) is 18.0. The number of hydrogen-bond donors (Lipinski definition) is 2. The van der Waals surface area contributed by atoms with Gasteiger partial charge >= 0.3 is 0 Å². The molecule has 2 aromatic rings. The van der Waals surface area contributed by atoms with E-state index >= 15 is 0 Å². The summed E-state index contributed by atoms with van der Waals surface area (Å²) in [4.78, 5) is 15.9. The normalized spacial score (nSPS) is 20.3. The van der Waals surface area contributed by atoms with Gasteiger partial charge in [-0.2, -0.15) is 0 Å². The molecule has 2 aliphatic rings. The average Bonchev–Trinajstić information content (AvgIpc) is 3.10. The van der Waals surface area contributed by atoms with Crippen molar-refractivity contribution >= 4 is 5.91 Å². The van der Waals surface area contributed by atoms with Crippen molar-refractivity contribution < 1.29 is 4.79 Å². The topological polar surface area (TPSA) is 44.4 Å². The first-order valence-electron chi connectivity index (χ1n) is 9.57. The van der Waals surface area contributed by atoms with Gasteiger partial charge < -0.3 is 10.6 Å². The van der Waals surface area contributed by atoms with Gasteiger partial charge in [0, 0.05) is 39.0 Å². The van der Waals surface area contributed by atoms with Crippen molar-refractivity contribution in [2.24, 2.45) is 0 Å². The van der Waals surface area contributed by atoms with Gasteiger partial charge in [-0.05, 0) is 23.6 Å². The van der Waals surface area contributed by atoms with Crippen LogP contribution in [0.5, 0.6) is 0 Å². The largest absolute Gasteiger partial charge is 0.348 e. The van der Waals surface area contributed by atoms with E-state index < -0.39 is 5.54 Å². The smallest absolute Gasteiger partial charge is 0.241 e. The summed E-state index contributed by atoms with van der Waals surface area (Å²) in [6, 6.07) is 18.7. The molecule has 1 atom stereocenters. The van der Waals surface area contributed by atoms with Gasteiger partial charge in [0.1, 0.15) is 5.54 Å². The summed E-state index contributed by atoms with van der Waals surface area (Å²) in [5, 5.41) is 6.72. The lowest BCUT2D eigenvalue weighted by Gasteiger charge is -2.42. The molecule has 2 N–H and O–H groups in total. The lowest BCUT2D eigenvalue weighted by atomic mass is 9.90. The average molecular weight is 349 g/mol. The summed E-state index contributed by atoms with van der Waals surface area (Å²) in [6.45, 7) is 5.79. The predicted molar refractivity (Wildman–Crippen MR) is 104 cm³/mol. The number of piperazine rings is 1. The van der Waals surface area contributed by atoms with Crippen LogP contribution >= 0.6 is 0 Å². The van der Waals surface area contributed by atoms with Crippen molar-refractivity contribution in [2.45, 2.75) is 31.3 Å². The first-order chi connectivity index (χ1) is 12.7.